The van der Waals surface area contributed by atoms with Gasteiger partial charge in [-0.15, -0.1) is 11.6 Å². The lowest BCUT2D eigenvalue weighted by Gasteiger charge is -2.29. The van der Waals surface area contributed by atoms with Gasteiger partial charge in [-0.25, -0.2) is 0 Å². The second-order valence-electron chi connectivity index (χ2n) is 4.37. The van der Waals surface area contributed by atoms with E-state index < -0.39 is 5.38 Å². The Kier molecular flexibility index (Phi) is 4.91. The molecule has 0 aliphatic carbocycles. The Balaban J connectivity index is 2.16. The molecule has 0 bridgehead atoms. The van der Waals surface area contributed by atoms with Gasteiger partial charge in [0.2, 0.25) is 5.91 Å². The summed E-state index contributed by atoms with van der Waals surface area (Å²) < 4.78 is 5.32. The van der Waals surface area contributed by atoms with E-state index in [1.165, 1.54) is 0 Å². The molecule has 1 amide bonds. The van der Waals surface area contributed by atoms with Crippen molar-refractivity contribution in [2.24, 2.45) is 0 Å². The Morgan fingerprint density at radius 3 is 2.74 bits per heavy atom. The first-order chi connectivity index (χ1) is 9.08. The third kappa shape index (κ3) is 3.75. The van der Waals surface area contributed by atoms with E-state index in [0.29, 0.717) is 23.9 Å². The highest BCUT2D eigenvalue weighted by Gasteiger charge is 2.15. The van der Waals surface area contributed by atoms with Gasteiger partial charge in [-0.1, -0.05) is 11.6 Å². The van der Waals surface area contributed by atoms with Gasteiger partial charge in [0, 0.05) is 18.8 Å². The highest BCUT2D eigenvalue weighted by Crippen LogP contribution is 2.28. The van der Waals surface area contributed by atoms with Crippen LogP contribution in [0.4, 0.5) is 11.4 Å². The van der Waals surface area contributed by atoms with Gasteiger partial charge in [-0.05, 0) is 25.1 Å². The predicted molar refractivity (Wildman–Crippen MR) is 78.4 cm³/mol. The summed E-state index contributed by atoms with van der Waals surface area (Å²) in [6.45, 7) is 4.71. The number of amides is 1. The predicted octanol–water partition coefficient (Wildman–Crippen LogP) is 2.74. The lowest BCUT2D eigenvalue weighted by Crippen LogP contribution is -2.36. The van der Waals surface area contributed by atoms with Gasteiger partial charge < -0.3 is 15.0 Å². The van der Waals surface area contributed by atoms with Crippen molar-refractivity contribution in [3.63, 3.8) is 0 Å². The van der Waals surface area contributed by atoms with E-state index in [9.17, 15) is 4.79 Å². The average Bonchev–Trinajstić information content (AvgIpc) is 2.42. The van der Waals surface area contributed by atoms with E-state index in [2.05, 4.69) is 10.2 Å². The third-order valence-electron chi connectivity index (χ3n) is 2.95. The maximum Gasteiger partial charge on any atom is 0.242 e. The molecule has 1 atom stereocenters. The number of hydrogen-bond acceptors (Lipinski definition) is 3. The molecule has 4 nitrogen and oxygen atoms in total. The molecule has 0 aromatic heterocycles. The van der Waals surface area contributed by atoms with Crippen LogP contribution in [0.25, 0.3) is 0 Å². The van der Waals surface area contributed by atoms with Crippen molar-refractivity contribution in [2.75, 3.05) is 36.5 Å². The molecule has 2 rings (SSSR count). The zero-order chi connectivity index (χ0) is 13.8. The standard InChI is InChI=1S/C13H16Cl2N2O2/c1-9(14)13(18)16-12-8-10(2-3-11(12)15)17-4-6-19-7-5-17/h2-3,8-9H,4-7H2,1H3,(H,16,18)/t9-/m1/s1. The second kappa shape index (κ2) is 6.46. The summed E-state index contributed by atoms with van der Waals surface area (Å²) in [4.78, 5) is 13.8. The minimum atomic E-state index is -0.594. The van der Waals surface area contributed by atoms with Crippen molar-refractivity contribution in [2.45, 2.75) is 12.3 Å². The van der Waals surface area contributed by atoms with Crippen molar-refractivity contribution < 1.29 is 9.53 Å². The summed E-state index contributed by atoms with van der Waals surface area (Å²) in [6.07, 6.45) is 0. The van der Waals surface area contributed by atoms with Crippen LogP contribution in [0, 0.1) is 0 Å². The lowest BCUT2D eigenvalue weighted by molar-refractivity contribution is -0.115. The summed E-state index contributed by atoms with van der Waals surface area (Å²) in [6, 6.07) is 5.58. The molecule has 19 heavy (non-hydrogen) atoms. The van der Waals surface area contributed by atoms with Gasteiger partial charge in [0.25, 0.3) is 0 Å². The highest BCUT2D eigenvalue weighted by molar-refractivity contribution is 6.35. The molecular weight excluding hydrogens is 287 g/mol. The number of rotatable bonds is 3. The number of hydrogen-bond donors (Lipinski definition) is 1. The summed E-state index contributed by atoms with van der Waals surface area (Å²) in [7, 11) is 0. The zero-order valence-electron chi connectivity index (χ0n) is 10.7. The van der Waals surface area contributed by atoms with Crippen LogP contribution in [-0.2, 0) is 9.53 Å². The topological polar surface area (TPSA) is 41.6 Å². The Morgan fingerprint density at radius 1 is 1.42 bits per heavy atom. The molecule has 1 heterocycles. The monoisotopic (exact) mass is 302 g/mol. The van der Waals surface area contributed by atoms with Gasteiger partial charge in [0.15, 0.2) is 0 Å². The number of anilines is 2. The fourth-order valence-electron chi connectivity index (χ4n) is 1.86. The van der Waals surface area contributed by atoms with Crippen LogP contribution in [0.15, 0.2) is 18.2 Å². The average molecular weight is 303 g/mol. The van der Waals surface area contributed by atoms with Crippen molar-refractivity contribution in [3.8, 4) is 0 Å². The molecule has 0 unspecified atom stereocenters. The lowest BCUT2D eigenvalue weighted by atomic mass is 10.2. The van der Waals surface area contributed by atoms with Gasteiger partial charge in [0.1, 0.15) is 5.38 Å². The van der Waals surface area contributed by atoms with Crippen LogP contribution in [0.2, 0.25) is 5.02 Å². The minimum Gasteiger partial charge on any atom is -0.378 e. The van der Waals surface area contributed by atoms with Crippen molar-refractivity contribution in [1.82, 2.24) is 0 Å². The van der Waals surface area contributed by atoms with Gasteiger partial charge in [-0.3, -0.25) is 4.79 Å². The summed E-state index contributed by atoms with van der Waals surface area (Å²) in [5.74, 6) is -0.261. The molecule has 6 heteroatoms. The van der Waals surface area contributed by atoms with E-state index in [1.807, 2.05) is 12.1 Å². The number of halogens is 2. The number of alkyl halides is 1. The van der Waals surface area contributed by atoms with Crippen LogP contribution < -0.4 is 10.2 Å². The molecule has 1 aliphatic heterocycles. The zero-order valence-corrected chi connectivity index (χ0v) is 12.2. The van der Waals surface area contributed by atoms with Crippen LogP contribution in [0.1, 0.15) is 6.92 Å². The molecule has 1 aromatic carbocycles. The van der Waals surface area contributed by atoms with Crippen molar-refractivity contribution >= 4 is 40.5 Å². The van der Waals surface area contributed by atoms with Gasteiger partial charge in [0.05, 0.1) is 23.9 Å². The summed E-state index contributed by atoms with van der Waals surface area (Å²) >= 11 is 11.8. The Morgan fingerprint density at radius 2 is 2.11 bits per heavy atom. The van der Waals surface area contributed by atoms with Crippen molar-refractivity contribution in [1.29, 1.82) is 0 Å². The fraction of sp³-hybridized carbons (Fsp3) is 0.462. The van der Waals surface area contributed by atoms with Crippen LogP contribution in [0.3, 0.4) is 0 Å². The van der Waals surface area contributed by atoms with Crippen LogP contribution in [0.5, 0.6) is 0 Å². The molecule has 1 N–H and O–H groups in total. The molecule has 1 saturated heterocycles. The first-order valence-electron chi connectivity index (χ1n) is 6.15. The number of morpholine rings is 1. The quantitative estimate of drug-likeness (QED) is 0.873. The van der Waals surface area contributed by atoms with E-state index in [0.717, 1.165) is 18.8 Å². The van der Waals surface area contributed by atoms with E-state index in [4.69, 9.17) is 27.9 Å². The van der Waals surface area contributed by atoms with E-state index in [-0.39, 0.29) is 5.91 Å². The Bertz CT molecular complexity index is 460. The third-order valence-corrected chi connectivity index (χ3v) is 3.47. The normalized spacial score (nSPS) is 17.1. The molecule has 0 radical (unpaired) electrons. The van der Waals surface area contributed by atoms with Crippen molar-refractivity contribution in [3.05, 3.63) is 23.2 Å². The molecule has 0 spiro atoms. The maximum absolute atomic E-state index is 11.6. The molecule has 1 aliphatic rings. The molecule has 1 fully saturated rings. The summed E-state index contributed by atoms with van der Waals surface area (Å²) in [5, 5.41) is 2.64. The largest absolute Gasteiger partial charge is 0.378 e. The SMILES string of the molecule is C[C@@H](Cl)C(=O)Nc1cc(N2CCOCC2)ccc1Cl. The van der Waals surface area contributed by atoms with Gasteiger partial charge >= 0.3 is 0 Å². The smallest absolute Gasteiger partial charge is 0.242 e. The highest BCUT2D eigenvalue weighted by atomic mass is 35.5. The number of benzene rings is 1. The van der Waals surface area contributed by atoms with Crippen LogP contribution >= 0.6 is 23.2 Å². The second-order valence-corrected chi connectivity index (χ2v) is 5.43. The molecule has 104 valence electrons. The minimum absolute atomic E-state index is 0.261. The Labute approximate surface area is 122 Å². The molecule has 0 saturated carbocycles. The summed E-state index contributed by atoms with van der Waals surface area (Å²) in [5.41, 5.74) is 1.60. The number of ether oxygens (including phenoxy) is 1. The number of carbonyl (C=O) groups excluding carboxylic acids is 1. The number of nitrogens with one attached hydrogen (secondary N) is 1. The fourth-order valence-corrected chi connectivity index (χ4v) is 2.08. The number of carbonyl (C=O) groups is 1. The molecule has 1 aromatic rings. The number of nitrogens with zero attached hydrogens (tertiary/aromatic N) is 1. The maximum atomic E-state index is 11.6. The van der Waals surface area contributed by atoms with E-state index >= 15 is 0 Å². The first-order valence-corrected chi connectivity index (χ1v) is 6.96. The Hall–Kier alpha value is -0.970. The van der Waals surface area contributed by atoms with Crippen LogP contribution in [-0.4, -0.2) is 37.6 Å². The molecular formula is C13H16Cl2N2O2. The van der Waals surface area contributed by atoms with E-state index in [1.54, 1.807) is 13.0 Å². The van der Waals surface area contributed by atoms with Gasteiger partial charge in [-0.2, -0.15) is 0 Å². The first kappa shape index (κ1) is 14.4.